The average molecular weight is 270 g/mol. The van der Waals surface area contributed by atoms with Gasteiger partial charge in [-0.15, -0.1) is 0 Å². The third-order valence-corrected chi connectivity index (χ3v) is 5.07. The summed E-state index contributed by atoms with van der Waals surface area (Å²) in [6.45, 7) is 4.08. The zero-order valence-electron chi connectivity index (χ0n) is 11.7. The van der Waals surface area contributed by atoms with Gasteiger partial charge in [0.2, 0.25) is 5.91 Å². The van der Waals surface area contributed by atoms with Gasteiger partial charge in [0.15, 0.2) is 6.04 Å². The number of rotatable bonds is 1. The molecule has 1 aromatic rings. The van der Waals surface area contributed by atoms with Crippen molar-refractivity contribution in [2.75, 3.05) is 13.1 Å². The molecule has 0 aliphatic carbocycles. The molecule has 4 aliphatic heterocycles. The number of hydrazone groups is 1. The summed E-state index contributed by atoms with van der Waals surface area (Å²) < 4.78 is 0. The Bertz CT molecular complexity index is 560. The quantitative estimate of drug-likeness (QED) is 0.798. The fourth-order valence-corrected chi connectivity index (χ4v) is 4.17. The normalized spacial score (nSPS) is 34.9. The zero-order valence-corrected chi connectivity index (χ0v) is 11.7. The molecule has 4 aliphatic rings. The van der Waals surface area contributed by atoms with Gasteiger partial charge in [0.1, 0.15) is 11.8 Å². The monoisotopic (exact) mass is 270 g/mol. The molecule has 4 heterocycles. The molecule has 0 spiro atoms. The van der Waals surface area contributed by atoms with Crippen molar-refractivity contribution < 1.29 is 9.69 Å². The first kappa shape index (κ1) is 12.1. The minimum atomic E-state index is 0.0563. The smallest absolute Gasteiger partial charge is 0.240 e. The van der Waals surface area contributed by atoms with Gasteiger partial charge in [-0.2, -0.15) is 5.10 Å². The molecule has 4 nitrogen and oxygen atoms in total. The first-order valence-corrected chi connectivity index (χ1v) is 7.53. The predicted octanol–water partition coefficient (Wildman–Crippen LogP) is 0.623. The highest BCUT2D eigenvalue weighted by Gasteiger charge is 2.53. The van der Waals surface area contributed by atoms with E-state index in [9.17, 15) is 4.79 Å². The predicted molar refractivity (Wildman–Crippen MR) is 76.3 cm³/mol. The van der Waals surface area contributed by atoms with E-state index in [4.69, 9.17) is 5.10 Å². The van der Waals surface area contributed by atoms with Gasteiger partial charge in [0, 0.05) is 25.7 Å². The molecule has 2 bridgehead atoms. The van der Waals surface area contributed by atoms with Crippen molar-refractivity contribution in [2.24, 2.45) is 11.0 Å². The second-order valence-corrected chi connectivity index (χ2v) is 6.15. The Morgan fingerprint density at radius 1 is 1.25 bits per heavy atom. The second-order valence-electron chi connectivity index (χ2n) is 6.15. The van der Waals surface area contributed by atoms with Crippen LogP contribution in [-0.2, 0) is 4.79 Å². The van der Waals surface area contributed by atoms with Crippen molar-refractivity contribution in [3.63, 3.8) is 0 Å². The van der Waals surface area contributed by atoms with Crippen LogP contribution in [0.25, 0.3) is 0 Å². The first-order chi connectivity index (χ1) is 9.75. The van der Waals surface area contributed by atoms with Gasteiger partial charge in [0.25, 0.3) is 0 Å². The highest BCUT2D eigenvalue weighted by molar-refractivity contribution is 5.95. The highest BCUT2D eigenvalue weighted by Crippen LogP contribution is 2.36. The Hall–Kier alpha value is -1.68. The molecule has 3 saturated heterocycles. The standard InChI is InChI=1S/C16H19N3O/c1-11(20)19-15(13-5-3-2-4-6-13)16-14(17-19)12-7-9-18(16)10-8-12/h2-6,12,15-16H,7-10H2,1H3/p+1/t15-,16+/m1/s1. The minimum absolute atomic E-state index is 0.0563. The van der Waals surface area contributed by atoms with Crippen LogP contribution < -0.4 is 4.90 Å². The fourth-order valence-electron chi connectivity index (χ4n) is 4.17. The summed E-state index contributed by atoms with van der Waals surface area (Å²) in [6, 6.07) is 10.9. The van der Waals surface area contributed by atoms with E-state index < -0.39 is 0 Å². The third kappa shape index (κ3) is 1.64. The van der Waals surface area contributed by atoms with E-state index in [-0.39, 0.29) is 11.9 Å². The van der Waals surface area contributed by atoms with Gasteiger partial charge in [-0.05, 0) is 5.56 Å². The number of carbonyl (C=O) groups excluding carboxylic acids is 1. The minimum Gasteiger partial charge on any atom is -0.326 e. The van der Waals surface area contributed by atoms with Crippen molar-refractivity contribution in [1.82, 2.24) is 5.01 Å². The molecule has 2 atom stereocenters. The van der Waals surface area contributed by atoms with E-state index >= 15 is 0 Å². The molecular formula is C16H20N3O+. The number of benzene rings is 1. The molecule has 5 rings (SSSR count). The fraction of sp³-hybridized carbons (Fsp3) is 0.500. The van der Waals surface area contributed by atoms with Crippen molar-refractivity contribution in [3.05, 3.63) is 35.9 Å². The van der Waals surface area contributed by atoms with Crippen LogP contribution in [0.1, 0.15) is 31.4 Å². The molecule has 3 fully saturated rings. The summed E-state index contributed by atoms with van der Waals surface area (Å²) in [4.78, 5) is 13.6. The lowest BCUT2D eigenvalue weighted by atomic mass is 9.78. The average Bonchev–Trinajstić information content (AvgIpc) is 2.92. The largest absolute Gasteiger partial charge is 0.326 e. The molecule has 1 aromatic carbocycles. The lowest BCUT2D eigenvalue weighted by Gasteiger charge is -2.42. The molecule has 0 saturated carbocycles. The van der Waals surface area contributed by atoms with E-state index in [1.54, 1.807) is 16.8 Å². The Balaban J connectivity index is 1.79. The highest BCUT2D eigenvalue weighted by atomic mass is 16.2. The zero-order chi connectivity index (χ0) is 13.7. The lowest BCUT2D eigenvalue weighted by Crippen LogP contribution is -3.20. The molecule has 104 valence electrons. The summed E-state index contributed by atoms with van der Waals surface area (Å²) in [7, 11) is 0. The summed E-state index contributed by atoms with van der Waals surface area (Å²) >= 11 is 0. The maximum absolute atomic E-state index is 12.0. The Morgan fingerprint density at radius 3 is 2.60 bits per heavy atom. The maximum Gasteiger partial charge on any atom is 0.240 e. The number of nitrogens with one attached hydrogen (secondary N) is 1. The van der Waals surface area contributed by atoms with Gasteiger partial charge in [-0.25, -0.2) is 5.01 Å². The molecule has 4 heteroatoms. The Labute approximate surface area is 119 Å². The van der Waals surface area contributed by atoms with Crippen molar-refractivity contribution >= 4 is 11.6 Å². The number of amides is 1. The van der Waals surface area contributed by atoms with Crippen molar-refractivity contribution in [3.8, 4) is 0 Å². The van der Waals surface area contributed by atoms with E-state index in [0.29, 0.717) is 12.0 Å². The van der Waals surface area contributed by atoms with Gasteiger partial charge in [-0.3, -0.25) is 4.79 Å². The number of hydrogen-bond donors (Lipinski definition) is 1. The van der Waals surface area contributed by atoms with E-state index in [1.807, 2.05) is 6.07 Å². The van der Waals surface area contributed by atoms with E-state index in [1.165, 1.54) is 37.2 Å². The lowest BCUT2D eigenvalue weighted by molar-refractivity contribution is -0.927. The van der Waals surface area contributed by atoms with Crippen LogP contribution in [0.5, 0.6) is 0 Å². The summed E-state index contributed by atoms with van der Waals surface area (Å²) in [5.74, 6) is 0.661. The number of carbonyl (C=O) groups is 1. The SMILES string of the molecule is CC(=O)N1N=C2C3CC[NH+](CC3)[C@@H]2[C@H]1c1ccccc1. The van der Waals surface area contributed by atoms with E-state index in [0.717, 1.165) is 0 Å². The number of piperidine rings is 3. The van der Waals surface area contributed by atoms with Crippen molar-refractivity contribution in [2.45, 2.75) is 31.8 Å². The molecule has 20 heavy (non-hydrogen) atoms. The number of quaternary nitrogens is 1. The maximum atomic E-state index is 12.0. The van der Waals surface area contributed by atoms with Crippen LogP contribution in [-0.4, -0.2) is 35.8 Å². The van der Waals surface area contributed by atoms with Gasteiger partial charge in [-0.1, -0.05) is 30.3 Å². The third-order valence-electron chi connectivity index (χ3n) is 5.07. The number of nitrogens with zero attached hydrogens (tertiary/aromatic N) is 2. The molecule has 0 aromatic heterocycles. The molecular weight excluding hydrogens is 250 g/mol. The summed E-state index contributed by atoms with van der Waals surface area (Å²) in [5, 5.41) is 6.46. The van der Waals surface area contributed by atoms with Crippen LogP contribution in [0.15, 0.2) is 35.4 Å². The van der Waals surface area contributed by atoms with Crippen LogP contribution in [0.4, 0.5) is 0 Å². The Kier molecular flexibility index (Phi) is 2.67. The molecule has 0 unspecified atom stereocenters. The first-order valence-electron chi connectivity index (χ1n) is 7.53. The van der Waals surface area contributed by atoms with Crippen LogP contribution in [0.3, 0.4) is 0 Å². The Morgan fingerprint density at radius 2 is 1.95 bits per heavy atom. The molecule has 0 radical (unpaired) electrons. The molecule has 1 amide bonds. The summed E-state index contributed by atoms with van der Waals surface area (Å²) in [5.41, 5.74) is 2.49. The van der Waals surface area contributed by atoms with Crippen LogP contribution in [0, 0.1) is 5.92 Å². The van der Waals surface area contributed by atoms with Gasteiger partial charge in [0.05, 0.1) is 13.1 Å². The second kappa shape index (κ2) is 4.42. The van der Waals surface area contributed by atoms with E-state index in [2.05, 4.69) is 24.3 Å². The number of fused-ring (bicyclic) bond motifs is 2. The molecule has 1 N–H and O–H groups in total. The number of hydrogen-bond acceptors (Lipinski definition) is 2. The van der Waals surface area contributed by atoms with Crippen molar-refractivity contribution in [1.29, 1.82) is 0 Å². The van der Waals surface area contributed by atoms with Crippen LogP contribution in [0.2, 0.25) is 0 Å². The summed E-state index contributed by atoms with van der Waals surface area (Å²) in [6.07, 6.45) is 2.47. The topological polar surface area (TPSA) is 37.1 Å². The van der Waals surface area contributed by atoms with Gasteiger partial charge < -0.3 is 4.90 Å². The van der Waals surface area contributed by atoms with Crippen LogP contribution >= 0.6 is 0 Å². The van der Waals surface area contributed by atoms with Gasteiger partial charge >= 0.3 is 0 Å².